The normalized spacial score (nSPS) is 14.3. The molecule has 0 saturated heterocycles. The van der Waals surface area contributed by atoms with Crippen molar-refractivity contribution in [3.05, 3.63) is 11.8 Å². The van der Waals surface area contributed by atoms with Gasteiger partial charge in [0.1, 0.15) is 0 Å². The lowest BCUT2D eigenvalue weighted by Gasteiger charge is -2.03. The van der Waals surface area contributed by atoms with Crippen LogP contribution in [0.25, 0.3) is 1.43 Å². The first-order valence-corrected chi connectivity index (χ1v) is 3.48. The number of rotatable bonds is 4. The van der Waals surface area contributed by atoms with E-state index in [9.17, 15) is 14.4 Å². The van der Waals surface area contributed by atoms with Gasteiger partial charge < -0.3 is 10.2 Å². The summed E-state index contributed by atoms with van der Waals surface area (Å²) in [6, 6.07) is 0. The highest BCUT2D eigenvalue weighted by Gasteiger charge is 2.29. The van der Waals surface area contributed by atoms with E-state index >= 15 is 0 Å². The fraction of sp³-hybridized carbons (Fsp3) is 0.375. The number of carbonyl (C=O) groups excluding carboxylic acids is 2. The van der Waals surface area contributed by atoms with Crippen LogP contribution >= 0.6 is 0 Å². The van der Waals surface area contributed by atoms with Crippen LogP contribution < -0.4 is 0 Å². The second kappa shape index (κ2) is 4.39. The summed E-state index contributed by atoms with van der Waals surface area (Å²) in [5.74, 6) is -4.85. The van der Waals surface area contributed by atoms with Gasteiger partial charge in [-0.25, -0.2) is 0 Å². The zero-order valence-electron chi connectivity index (χ0n) is 8.23. The van der Waals surface area contributed by atoms with Crippen LogP contribution in [-0.4, -0.2) is 27.8 Å². The Hall–Kier alpha value is -1.65. The van der Waals surface area contributed by atoms with E-state index in [1.165, 1.54) is 6.92 Å². The molecule has 0 spiro atoms. The molecule has 0 radical (unpaired) electrons. The molecule has 0 heterocycles. The third-order valence-corrected chi connectivity index (χ3v) is 1.28. The Morgan fingerprint density at radius 2 is 1.92 bits per heavy atom. The van der Waals surface area contributed by atoms with E-state index in [1.807, 2.05) is 0 Å². The maximum atomic E-state index is 11.2. The Bertz CT molecular complexity index is 290. The topological polar surface area (TPSA) is 91.7 Å². The average Bonchev–Trinajstić information content (AvgIpc) is 2.01. The number of allylic oxidation sites excluding steroid dienone is 2. The van der Waals surface area contributed by atoms with Crippen molar-refractivity contribution in [2.24, 2.45) is 5.92 Å². The van der Waals surface area contributed by atoms with Crippen molar-refractivity contribution < 1.29 is 24.6 Å². The molecule has 0 aliphatic carbocycles. The first-order valence-electron chi connectivity index (χ1n) is 3.89. The molecule has 0 aromatic carbocycles. The quantitative estimate of drug-likeness (QED) is 0.375. The molecule has 0 fully saturated rings. The summed E-state index contributed by atoms with van der Waals surface area (Å²) < 4.78 is 6.27. The van der Waals surface area contributed by atoms with E-state index in [4.69, 9.17) is 6.54 Å². The number of hydrogen-bond acceptors (Lipinski definition) is 5. The molecule has 0 aromatic heterocycles. The van der Waals surface area contributed by atoms with Crippen LogP contribution in [0.3, 0.4) is 0 Å². The molecule has 72 valence electrons. The highest BCUT2D eigenvalue weighted by atomic mass is 16.4. The lowest BCUT2D eigenvalue weighted by Crippen LogP contribution is -2.29. The van der Waals surface area contributed by atoms with E-state index in [0.717, 1.165) is 13.0 Å². The standard InChI is InChI=1S/C8H10O5/c1-4(9)3-6(11)7(5(2)10)8(12)13/h3,7,9H,1-2H3,(H,12,13)/i/hD. The van der Waals surface area contributed by atoms with Crippen LogP contribution in [0, 0.1) is 5.92 Å². The van der Waals surface area contributed by atoms with Gasteiger partial charge in [0.25, 0.3) is 1.43 Å². The van der Waals surface area contributed by atoms with Crippen molar-refractivity contribution in [1.82, 2.24) is 0 Å². The van der Waals surface area contributed by atoms with E-state index < -0.39 is 23.5 Å². The molecule has 0 rings (SSSR count). The summed E-state index contributed by atoms with van der Waals surface area (Å²) in [6.45, 7) is 2.25. The van der Waals surface area contributed by atoms with Crippen molar-refractivity contribution in [1.29, 1.82) is 1.43 Å². The van der Waals surface area contributed by atoms with Crippen molar-refractivity contribution in [3.8, 4) is 0 Å². The molecule has 0 amide bonds. The number of carboxylic acids is 1. The van der Waals surface area contributed by atoms with Gasteiger partial charge in [-0.1, -0.05) is 0 Å². The van der Waals surface area contributed by atoms with Gasteiger partial charge in [-0.15, -0.1) is 0 Å². The zero-order chi connectivity index (χ0) is 11.3. The Labute approximate surface area is 76.2 Å². The van der Waals surface area contributed by atoms with Gasteiger partial charge in [0.2, 0.25) is 0 Å². The minimum absolute atomic E-state index is 0.320. The molecule has 0 bridgehead atoms. The Morgan fingerprint density at radius 3 is 2.23 bits per heavy atom. The fourth-order valence-electron chi connectivity index (χ4n) is 0.772. The molecule has 5 heteroatoms. The van der Waals surface area contributed by atoms with Crippen LogP contribution in [0.2, 0.25) is 0 Å². The monoisotopic (exact) mass is 187 g/mol. The van der Waals surface area contributed by atoms with E-state index in [2.05, 4.69) is 5.11 Å². The SMILES string of the molecule is [2H]OC(=O)C(C(C)=O)C(=O)C=C(C)O. The molecular weight excluding hydrogens is 176 g/mol. The molecular formula is C8H10O5. The number of ketones is 2. The maximum Gasteiger partial charge on any atom is 0.322 e. The number of carbonyl (C=O) groups is 3. The number of hydrogen-bond donors (Lipinski definition) is 2. The Balaban J connectivity index is 4.85. The summed E-state index contributed by atoms with van der Waals surface area (Å²) in [5.41, 5.74) is 0. The molecule has 1 unspecified atom stereocenters. The largest absolute Gasteiger partial charge is 0.512 e. The molecule has 1 atom stereocenters. The van der Waals surface area contributed by atoms with Crippen molar-refractivity contribution >= 4 is 17.5 Å². The van der Waals surface area contributed by atoms with Gasteiger partial charge in [-0.3, -0.25) is 14.4 Å². The second-order valence-electron chi connectivity index (χ2n) is 2.55. The number of aliphatic hydroxyl groups is 1. The maximum absolute atomic E-state index is 11.2. The van der Waals surface area contributed by atoms with Crippen LogP contribution in [-0.2, 0) is 14.4 Å². The van der Waals surface area contributed by atoms with E-state index in [-0.39, 0.29) is 5.76 Å². The smallest absolute Gasteiger partial charge is 0.322 e. The number of carboxylic acid groups (broad SMARTS) is 1. The first kappa shape index (κ1) is 9.44. The summed E-state index contributed by atoms with van der Waals surface area (Å²) >= 11 is 0. The van der Waals surface area contributed by atoms with Gasteiger partial charge in [0.15, 0.2) is 17.5 Å². The van der Waals surface area contributed by atoms with Gasteiger partial charge in [0.05, 0.1) is 5.76 Å². The number of aliphatic carboxylic acids is 1. The summed E-state index contributed by atoms with van der Waals surface area (Å²) in [7, 11) is 0. The lowest BCUT2D eigenvalue weighted by atomic mass is 10.00. The van der Waals surface area contributed by atoms with E-state index in [1.54, 1.807) is 0 Å². The van der Waals surface area contributed by atoms with Crippen molar-refractivity contribution in [2.45, 2.75) is 13.8 Å². The molecule has 0 aliphatic heterocycles. The Kier molecular flexibility index (Phi) is 3.19. The predicted molar refractivity (Wildman–Crippen MR) is 43.2 cm³/mol. The zero-order valence-corrected chi connectivity index (χ0v) is 7.23. The summed E-state index contributed by atoms with van der Waals surface area (Å²) in [4.78, 5) is 32.8. The van der Waals surface area contributed by atoms with Gasteiger partial charge in [-0.2, -0.15) is 0 Å². The van der Waals surface area contributed by atoms with E-state index in [0.29, 0.717) is 0 Å². The number of aliphatic hydroxyl groups excluding tert-OH is 1. The van der Waals surface area contributed by atoms with Crippen LogP contribution in [0.5, 0.6) is 0 Å². The first-order chi connectivity index (χ1) is 6.40. The van der Waals surface area contributed by atoms with Gasteiger partial charge >= 0.3 is 5.97 Å². The van der Waals surface area contributed by atoms with Gasteiger partial charge in [0, 0.05) is 6.08 Å². The fourth-order valence-corrected chi connectivity index (χ4v) is 0.772. The summed E-state index contributed by atoms with van der Waals surface area (Å²) in [6.07, 6.45) is 0.739. The van der Waals surface area contributed by atoms with Crippen molar-refractivity contribution in [2.75, 3.05) is 0 Å². The summed E-state index contributed by atoms with van der Waals surface area (Å²) in [5, 5.41) is 12.3. The minimum atomic E-state index is -1.66. The third-order valence-electron chi connectivity index (χ3n) is 1.28. The molecule has 2 N–H and O–H groups in total. The highest BCUT2D eigenvalue weighted by molar-refractivity contribution is 6.19. The molecule has 0 saturated carbocycles. The Morgan fingerprint density at radius 1 is 1.38 bits per heavy atom. The van der Waals surface area contributed by atoms with Crippen LogP contribution in [0.4, 0.5) is 0 Å². The molecule has 5 nitrogen and oxygen atoms in total. The highest BCUT2D eigenvalue weighted by Crippen LogP contribution is 2.03. The third kappa shape index (κ3) is 3.50. The van der Waals surface area contributed by atoms with Gasteiger partial charge in [-0.05, 0) is 13.8 Å². The molecule has 13 heavy (non-hydrogen) atoms. The van der Waals surface area contributed by atoms with Crippen LogP contribution in [0.1, 0.15) is 13.8 Å². The minimum Gasteiger partial charge on any atom is -0.512 e. The van der Waals surface area contributed by atoms with Crippen LogP contribution in [0.15, 0.2) is 11.8 Å². The lowest BCUT2D eigenvalue weighted by molar-refractivity contribution is -0.148. The second-order valence-corrected chi connectivity index (χ2v) is 2.55. The number of Topliss-reactive ketones (excluding diaryl/α,β-unsaturated/α-hetero) is 1. The molecule has 0 aliphatic rings. The predicted octanol–water partition coefficient (Wildman–Crippen LogP) is 0.307. The van der Waals surface area contributed by atoms with Crippen molar-refractivity contribution in [3.63, 3.8) is 0 Å². The average molecular weight is 187 g/mol. The molecule has 0 aromatic rings.